The van der Waals surface area contributed by atoms with Crippen LogP contribution in [0.5, 0.6) is 0 Å². The number of carbonyl (C=O) groups excluding carboxylic acids is 3. The normalized spacial score (nSPS) is 12.7. The summed E-state index contributed by atoms with van der Waals surface area (Å²) in [7, 11) is 0. The summed E-state index contributed by atoms with van der Waals surface area (Å²) in [5, 5.41) is 0. The van der Waals surface area contributed by atoms with Crippen molar-refractivity contribution in [2.24, 2.45) is 0 Å². The summed E-state index contributed by atoms with van der Waals surface area (Å²) in [6, 6.07) is 0. The average Bonchev–Trinajstić information content (AvgIpc) is 3.45. The van der Waals surface area contributed by atoms with Crippen LogP contribution in [0.2, 0.25) is 0 Å². The number of esters is 3. The SMILES string of the molecule is CC/C=C\C/C=C\C/C=C\C/C=C\C/C=C\C/C=C\CCCCCCCCCCCCCCC(=O)OCC(COC(=O)CCCCCCCCCCCCCCCC)OC(=O)CCCCCCC/C=C\C/C=C\CCCCCC. The number of hydrogen-bond acceptors (Lipinski definition) is 6. The van der Waals surface area contributed by atoms with Crippen LogP contribution in [0.3, 0.4) is 0 Å². The van der Waals surface area contributed by atoms with E-state index < -0.39 is 6.10 Å². The van der Waals surface area contributed by atoms with Crippen LogP contribution in [0.15, 0.2) is 97.2 Å². The Morgan fingerprint density at radius 1 is 0.266 bits per heavy atom. The van der Waals surface area contributed by atoms with E-state index in [1.165, 1.54) is 167 Å². The molecule has 0 aromatic heterocycles. The molecule has 0 amide bonds. The monoisotopic (exact) mass is 1100 g/mol. The van der Waals surface area contributed by atoms with Gasteiger partial charge in [-0.25, -0.2) is 0 Å². The van der Waals surface area contributed by atoms with Crippen LogP contribution in [0.1, 0.15) is 329 Å². The number of unbranched alkanes of at least 4 members (excludes halogenated alkanes) is 34. The zero-order valence-electron chi connectivity index (χ0n) is 52.1. The van der Waals surface area contributed by atoms with E-state index in [0.29, 0.717) is 19.3 Å². The minimum absolute atomic E-state index is 0.0796. The van der Waals surface area contributed by atoms with Crippen LogP contribution in [0.4, 0.5) is 0 Å². The Balaban J connectivity index is 4.25. The van der Waals surface area contributed by atoms with Crippen LogP contribution in [0, 0.1) is 0 Å². The van der Waals surface area contributed by atoms with Crippen molar-refractivity contribution in [3.05, 3.63) is 97.2 Å². The van der Waals surface area contributed by atoms with Gasteiger partial charge in [-0.05, 0) is 103 Å². The Morgan fingerprint density at radius 3 is 0.785 bits per heavy atom. The molecule has 1 unspecified atom stereocenters. The maximum Gasteiger partial charge on any atom is 0.306 e. The van der Waals surface area contributed by atoms with E-state index in [9.17, 15) is 14.4 Å². The summed E-state index contributed by atoms with van der Waals surface area (Å²) in [6.07, 6.45) is 89.9. The molecule has 0 radical (unpaired) electrons. The summed E-state index contributed by atoms with van der Waals surface area (Å²) < 4.78 is 16.9. The van der Waals surface area contributed by atoms with Crippen molar-refractivity contribution in [2.75, 3.05) is 13.2 Å². The summed E-state index contributed by atoms with van der Waals surface area (Å²) in [6.45, 7) is 6.53. The highest BCUT2D eigenvalue weighted by Gasteiger charge is 2.19. The molecule has 1 atom stereocenters. The predicted octanol–water partition coefficient (Wildman–Crippen LogP) is 23.2. The average molecular weight is 1100 g/mol. The first-order chi connectivity index (χ1) is 39.0. The lowest BCUT2D eigenvalue weighted by Gasteiger charge is -2.18. The van der Waals surface area contributed by atoms with Crippen LogP contribution < -0.4 is 0 Å². The Bertz CT molecular complexity index is 1540. The molecule has 454 valence electrons. The molecule has 0 aliphatic rings. The minimum atomic E-state index is -0.784. The number of hydrogen-bond donors (Lipinski definition) is 0. The molecule has 0 fully saturated rings. The van der Waals surface area contributed by atoms with E-state index in [1.807, 2.05) is 0 Å². The largest absolute Gasteiger partial charge is 0.462 e. The van der Waals surface area contributed by atoms with Gasteiger partial charge in [0.25, 0.3) is 0 Å². The molecule has 0 saturated carbocycles. The smallest absolute Gasteiger partial charge is 0.306 e. The van der Waals surface area contributed by atoms with Crippen molar-refractivity contribution in [3.63, 3.8) is 0 Å². The fourth-order valence-corrected chi connectivity index (χ4v) is 9.54. The number of allylic oxidation sites excluding steroid dienone is 16. The van der Waals surface area contributed by atoms with Crippen LogP contribution in [0.25, 0.3) is 0 Å². The van der Waals surface area contributed by atoms with Gasteiger partial charge in [0.1, 0.15) is 13.2 Å². The Kier molecular flexibility index (Phi) is 63.7. The van der Waals surface area contributed by atoms with Gasteiger partial charge in [0.2, 0.25) is 0 Å². The molecule has 0 saturated heterocycles. The minimum Gasteiger partial charge on any atom is -0.462 e. The van der Waals surface area contributed by atoms with E-state index >= 15 is 0 Å². The topological polar surface area (TPSA) is 78.9 Å². The third-order valence-corrected chi connectivity index (χ3v) is 14.6. The van der Waals surface area contributed by atoms with Gasteiger partial charge in [0, 0.05) is 19.3 Å². The number of carbonyl (C=O) groups is 3. The standard InChI is InChI=1S/C73H126O6/c1-4-7-10-13-16-19-22-25-28-30-31-32-33-34-35-36-37-38-39-40-41-42-43-44-46-48-51-54-57-60-63-66-72(75)78-69-70(68-77-71(74)65-62-59-56-53-50-47-27-24-21-18-15-12-9-6-3)79-73(76)67-64-61-58-55-52-49-45-29-26-23-20-17-14-11-8-5-2/h7,10,16,19-20,23,25,28-29,31-32,34-35,37-38,45,70H,4-6,8-9,11-15,17-18,21-22,24,26-27,30,33,36,39-44,46-69H2,1-3H3/b10-7-,19-16-,23-20-,28-25-,32-31-,35-34-,38-37-,45-29-. The fraction of sp³-hybridized carbons (Fsp3) is 0.740. The second-order valence-corrected chi connectivity index (χ2v) is 22.4. The molecule has 6 heteroatoms. The Morgan fingerprint density at radius 2 is 0.494 bits per heavy atom. The van der Waals surface area contributed by atoms with Gasteiger partial charge in [-0.2, -0.15) is 0 Å². The zero-order valence-corrected chi connectivity index (χ0v) is 52.1. The van der Waals surface area contributed by atoms with Crippen LogP contribution in [-0.2, 0) is 28.6 Å². The zero-order chi connectivity index (χ0) is 57.1. The number of rotatable bonds is 61. The van der Waals surface area contributed by atoms with Gasteiger partial charge in [0.15, 0.2) is 6.10 Å². The van der Waals surface area contributed by atoms with Gasteiger partial charge in [-0.1, -0.05) is 304 Å². The first-order valence-corrected chi connectivity index (χ1v) is 33.7. The summed E-state index contributed by atoms with van der Waals surface area (Å²) in [5.41, 5.74) is 0. The number of ether oxygens (including phenoxy) is 3. The van der Waals surface area contributed by atoms with Crippen molar-refractivity contribution in [1.29, 1.82) is 0 Å². The molecule has 0 aromatic carbocycles. The summed E-state index contributed by atoms with van der Waals surface area (Å²) in [4.78, 5) is 38.3. The summed E-state index contributed by atoms with van der Waals surface area (Å²) >= 11 is 0. The lowest BCUT2D eigenvalue weighted by atomic mass is 10.0. The Labute approximate surface area is 489 Å². The maximum absolute atomic E-state index is 12.9. The molecule has 0 aromatic rings. The van der Waals surface area contributed by atoms with Crippen molar-refractivity contribution < 1.29 is 28.6 Å². The van der Waals surface area contributed by atoms with Crippen molar-refractivity contribution in [3.8, 4) is 0 Å². The third kappa shape index (κ3) is 65.0. The first-order valence-electron chi connectivity index (χ1n) is 33.7. The van der Waals surface area contributed by atoms with Gasteiger partial charge < -0.3 is 14.2 Å². The molecular formula is C73H126O6. The third-order valence-electron chi connectivity index (χ3n) is 14.6. The predicted molar refractivity (Wildman–Crippen MR) is 344 cm³/mol. The molecule has 0 rings (SSSR count). The molecule has 0 N–H and O–H groups in total. The first kappa shape index (κ1) is 75.3. The molecule has 0 aliphatic heterocycles. The van der Waals surface area contributed by atoms with Crippen molar-refractivity contribution >= 4 is 17.9 Å². The maximum atomic E-state index is 12.9. The van der Waals surface area contributed by atoms with Crippen LogP contribution >= 0.6 is 0 Å². The molecule has 0 bridgehead atoms. The van der Waals surface area contributed by atoms with Gasteiger partial charge in [-0.15, -0.1) is 0 Å². The molecule has 0 heterocycles. The van der Waals surface area contributed by atoms with Crippen LogP contribution in [-0.4, -0.2) is 37.2 Å². The second-order valence-electron chi connectivity index (χ2n) is 22.4. The highest BCUT2D eigenvalue weighted by molar-refractivity contribution is 5.71. The Hall–Kier alpha value is -3.67. The quantitative estimate of drug-likeness (QED) is 0.0261. The summed E-state index contributed by atoms with van der Waals surface area (Å²) in [5.74, 6) is -0.881. The molecular weight excluding hydrogens is 973 g/mol. The van der Waals surface area contributed by atoms with Crippen molar-refractivity contribution in [2.45, 2.75) is 335 Å². The molecule has 0 spiro atoms. The highest BCUT2D eigenvalue weighted by atomic mass is 16.6. The second kappa shape index (κ2) is 66.8. The van der Waals surface area contributed by atoms with E-state index in [1.54, 1.807) is 0 Å². The lowest BCUT2D eigenvalue weighted by molar-refractivity contribution is -0.167. The van der Waals surface area contributed by atoms with E-state index in [-0.39, 0.29) is 31.1 Å². The van der Waals surface area contributed by atoms with Gasteiger partial charge >= 0.3 is 17.9 Å². The van der Waals surface area contributed by atoms with E-state index in [2.05, 4.69) is 118 Å². The van der Waals surface area contributed by atoms with Crippen molar-refractivity contribution in [1.82, 2.24) is 0 Å². The lowest BCUT2D eigenvalue weighted by Crippen LogP contribution is -2.30. The van der Waals surface area contributed by atoms with E-state index in [0.717, 1.165) is 122 Å². The molecule has 0 aliphatic carbocycles. The highest BCUT2D eigenvalue weighted by Crippen LogP contribution is 2.17. The molecule has 79 heavy (non-hydrogen) atoms. The van der Waals surface area contributed by atoms with Gasteiger partial charge in [0.05, 0.1) is 0 Å². The van der Waals surface area contributed by atoms with Gasteiger partial charge in [-0.3, -0.25) is 14.4 Å². The fourth-order valence-electron chi connectivity index (χ4n) is 9.54. The van der Waals surface area contributed by atoms with E-state index in [4.69, 9.17) is 14.2 Å². The molecule has 6 nitrogen and oxygen atoms in total.